The van der Waals surface area contributed by atoms with E-state index in [4.69, 9.17) is 9.47 Å². The zero-order valence-corrected chi connectivity index (χ0v) is 17.1. The molecule has 0 fully saturated rings. The molecule has 10 heteroatoms. The van der Waals surface area contributed by atoms with E-state index in [2.05, 4.69) is 10.5 Å². The third kappa shape index (κ3) is 5.43. The number of nitrogens with one attached hydrogen (secondary N) is 1. The number of aromatic nitrogens is 1. The monoisotopic (exact) mass is 416 g/mol. The van der Waals surface area contributed by atoms with Gasteiger partial charge >= 0.3 is 5.69 Å². The third-order valence-corrected chi connectivity index (χ3v) is 4.20. The number of rotatable bonds is 10. The van der Waals surface area contributed by atoms with Gasteiger partial charge in [-0.05, 0) is 31.5 Å². The smallest absolute Gasteiger partial charge is 0.315 e. The van der Waals surface area contributed by atoms with Gasteiger partial charge in [-0.2, -0.15) is 5.10 Å². The van der Waals surface area contributed by atoms with Gasteiger partial charge in [-0.15, -0.1) is 0 Å². The van der Waals surface area contributed by atoms with Crippen molar-refractivity contribution in [3.63, 3.8) is 0 Å². The highest BCUT2D eigenvalue weighted by molar-refractivity contribution is 5.94. The summed E-state index contributed by atoms with van der Waals surface area (Å²) in [5, 5.41) is 15.3. The maximum absolute atomic E-state index is 12.2. The Hall–Kier alpha value is -3.69. The summed E-state index contributed by atoms with van der Waals surface area (Å²) in [5.74, 6) is -0.455. The fourth-order valence-corrected chi connectivity index (χ4v) is 2.62. The zero-order chi connectivity index (χ0) is 22.1. The Morgan fingerprint density at radius 2 is 2.13 bits per heavy atom. The molecule has 160 valence electrons. The van der Waals surface area contributed by atoms with Crippen LogP contribution in [0.2, 0.25) is 0 Å². The van der Waals surface area contributed by atoms with Crippen molar-refractivity contribution in [2.75, 3.05) is 13.7 Å². The summed E-state index contributed by atoms with van der Waals surface area (Å²) >= 11 is 0. The molecule has 0 bridgehead atoms. The summed E-state index contributed by atoms with van der Waals surface area (Å²) in [5.41, 5.74) is 1.82. The molecule has 2 aromatic rings. The average Bonchev–Trinajstić information content (AvgIpc) is 2.74. The van der Waals surface area contributed by atoms with Gasteiger partial charge in [0.15, 0.2) is 5.75 Å². The molecule has 0 aliphatic heterocycles. The van der Waals surface area contributed by atoms with Gasteiger partial charge in [0.25, 0.3) is 11.5 Å². The molecule has 0 unspecified atom stereocenters. The predicted molar refractivity (Wildman–Crippen MR) is 111 cm³/mol. The Bertz CT molecular complexity index is 999. The second kappa shape index (κ2) is 10.7. The molecule has 0 saturated carbocycles. The topological polar surface area (TPSA) is 125 Å². The van der Waals surface area contributed by atoms with E-state index in [0.29, 0.717) is 18.7 Å². The molecule has 1 amide bonds. The quantitative estimate of drug-likeness (QED) is 0.275. The number of hydrazone groups is 1. The number of nitro groups is 1. The van der Waals surface area contributed by atoms with Crippen LogP contribution in [0.3, 0.4) is 0 Å². The van der Waals surface area contributed by atoms with Gasteiger partial charge in [-0.3, -0.25) is 19.7 Å². The van der Waals surface area contributed by atoms with Crippen molar-refractivity contribution in [2.24, 2.45) is 5.10 Å². The Morgan fingerprint density at radius 3 is 2.77 bits per heavy atom. The van der Waals surface area contributed by atoms with Crippen molar-refractivity contribution >= 4 is 17.8 Å². The standard InChI is InChI=1S/C20H24N4O6/c1-4-6-10-30-18-16(24(27)28)11-14(12-17(18)29-3)13-21-22-19(25)15-8-7-9-23(5-2)20(15)26/h7-9,11-13H,4-6,10H2,1-3H3,(H,22,25)/b21-13-. The first kappa shape index (κ1) is 22.6. The molecule has 30 heavy (non-hydrogen) atoms. The number of pyridine rings is 1. The number of hydrogen-bond donors (Lipinski definition) is 1. The molecule has 10 nitrogen and oxygen atoms in total. The van der Waals surface area contributed by atoms with Gasteiger partial charge in [0, 0.05) is 24.4 Å². The van der Waals surface area contributed by atoms with Crippen LogP contribution in [0.1, 0.15) is 42.6 Å². The number of nitrogens with zero attached hydrogens (tertiary/aromatic N) is 3. The van der Waals surface area contributed by atoms with Crippen molar-refractivity contribution in [1.29, 1.82) is 0 Å². The summed E-state index contributed by atoms with van der Waals surface area (Å²) < 4.78 is 12.1. The molecule has 1 N–H and O–H groups in total. The predicted octanol–water partition coefficient (Wildman–Crippen LogP) is 2.73. The second-order valence-corrected chi connectivity index (χ2v) is 6.24. The number of nitro benzene ring substituents is 1. The van der Waals surface area contributed by atoms with Crippen LogP contribution in [0.25, 0.3) is 0 Å². The van der Waals surface area contributed by atoms with Crippen LogP contribution in [0.5, 0.6) is 11.5 Å². The minimum atomic E-state index is -0.681. The molecular weight excluding hydrogens is 392 g/mol. The zero-order valence-electron chi connectivity index (χ0n) is 17.1. The number of methoxy groups -OCH3 is 1. The van der Waals surface area contributed by atoms with E-state index in [9.17, 15) is 19.7 Å². The first-order chi connectivity index (χ1) is 14.4. The number of aryl methyl sites for hydroxylation is 1. The van der Waals surface area contributed by atoms with Crippen LogP contribution in [-0.4, -0.2) is 35.3 Å². The van der Waals surface area contributed by atoms with Crippen molar-refractivity contribution in [1.82, 2.24) is 9.99 Å². The molecule has 0 aliphatic carbocycles. The minimum Gasteiger partial charge on any atom is -0.493 e. The molecule has 2 rings (SSSR count). The summed E-state index contributed by atoms with van der Waals surface area (Å²) in [6.45, 7) is 4.52. The molecule has 0 saturated heterocycles. The van der Waals surface area contributed by atoms with E-state index in [0.717, 1.165) is 12.8 Å². The first-order valence-electron chi connectivity index (χ1n) is 9.44. The SMILES string of the molecule is CCCCOc1c(OC)cc(/C=N\NC(=O)c2cccn(CC)c2=O)cc1[N+](=O)[O-]. The van der Waals surface area contributed by atoms with Crippen LogP contribution in [0.4, 0.5) is 5.69 Å². The number of hydrogen-bond acceptors (Lipinski definition) is 7. The number of carbonyl (C=O) groups is 1. The molecular formula is C20H24N4O6. The second-order valence-electron chi connectivity index (χ2n) is 6.24. The van der Waals surface area contributed by atoms with Crippen molar-refractivity contribution < 1.29 is 19.2 Å². The van der Waals surface area contributed by atoms with Crippen LogP contribution in [0, 0.1) is 10.1 Å². The van der Waals surface area contributed by atoms with E-state index in [1.165, 1.54) is 36.1 Å². The number of carbonyl (C=O) groups excluding carboxylic acids is 1. The van der Waals surface area contributed by atoms with Gasteiger partial charge < -0.3 is 14.0 Å². The lowest BCUT2D eigenvalue weighted by Gasteiger charge is -2.11. The summed E-state index contributed by atoms with van der Waals surface area (Å²) in [6.07, 6.45) is 4.43. The molecule has 0 aliphatic rings. The number of ether oxygens (including phenoxy) is 2. The largest absolute Gasteiger partial charge is 0.493 e. The molecule has 0 radical (unpaired) electrons. The third-order valence-electron chi connectivity index (χ3n) is 4.20. The maximum Gasteiger partial charge on any atom is 0.315 e. The van der Waals surface area contributed by atoms with Crippen molar-refractivity contribution in [3.05, 3.63) is 62.1 Å². The van der Waals surface area contributed by atoms with E-state index >= 15 is 0 Å². The van der Waals surface area contributed by atoms with Crippen LogP contribution >= 0.6 is 0 Å². The van der Waals surface area contributed by atoms with Crippen LogP contribution < -0.4 is 20.5 Å². The number of benzene rings is 1. The molecule has 1 aromatic heterocycles. The first-order valence-corrected chi connectivity index (χ1v) is 9.44. The molecule has 0 spiro atoms. The summed E-state index contributed by atoms with van der Waals surface area (Å²) in [4.78, 5) is 35.3. The fourth-order valence-electron chi connectivity index (χ4n) is 2.62. The Balaban J connectivity index is 2.24. The summed E-state index contributed by atoms with van der Waals surface area (Å²) in [7, 11) is 1.38. The summed E-state index contributed by atoms with van der Waals surface area (Å²) in [6, 6.07) is 5.77. The van der Waals surface area contributed by atoms with E-state index < -0.39 is 16.4 Å². The van der Waals surface area contributed by atoms with Crippen LogP contribution in [0.15, 0.2) is 40.4 Å². The lowest BCUT2D eigenvalue weighted by atomic mass is 10.2. The lowest BCUT2D eigenvalue weighted by molar-refractivity contribution is -0.386. The van der Waals surface area contributed by atoms with Crippen molar-refractivity contribution in [3.8, 4) is 11.5 Å². The Labute approximate surface area is 173 Å². The number of unbranched alkanes of at least 4 members (excludes halogenated alkanes) is 1. The highest BCUT2D eigenvalue weighted by Gasteiger charge is 2.22. The van der Waals surface area contributed by atoms with E-state index in [-0.39, 0.29) is 22.7 Å². The van der Waals surface area contributed by atoms with Gasteiger partial charge in [0.1, 0.15) is 5.56 Å². The fraction of sp³-hybridized carbons (Fsp3) is 0.350. The number of amides is 1. The lowest BCUT2D eigenvalue weighted by Crippen LogP contribution is -2.30. The molecule has 0 atom stereocenters. The highest BCUT2D eigenvalue weighted by Crippen LogP contribution is 2.38. The molecule has 1 heterocycles. The maximum atomic E-state index is 12.2. The van der Waals surface area contributed by atoms with Gasteiger partial charge in [0.05, 0.1) is 24.9 Å². The van der Waals surface area contributed by atoms with Gasteiger partial charge in [0.2, 0.25) is 5.75 Å². The van der Waals surface area contributed by atoms with E-state index in [1.807, 2.05) is 6.92 Å². The average molecular weight is 416 g/mol. The molecule has 1 aromatic carbocycles. The van der Waals surface area contributed by atoms with Crippen LogP contribution in [-0.2, 0) is 6.54 Å². The van der Waals surface area contributed by atoms with Crippen molar-refractivity contribution in [2.45, 2.75) is 33.2 Å². The van der Waals surface area contributed by atoms with Gasteiger partial charge in [-0.25, -0.2) is 5.43 Å². The highest BCUT2D eigenvalue weighted by atomic mass is 16.6. The normalized spacial score (nSPS) is 10.8. The minimum absolute atomic E-state index is 0.0431. The Morgan fingerprint density at radius 1 is 1.37 bits per heavy atom. The Kier molecular flexibility index (Phi) is 8.09. The van der Waals surface area contributed by atoms with E-state index in [1.54, 1.807) is 19.2 Å². The van der Waals surface area contributed by atoms with Gasteiger partial charge in [-0.1, -0.05) is 13.3 Å².